The van der Waals surface area contributed by atoms with Gasteiger partial charge in [0.05, 0.1) is 6.54 Å². The molecule has 1 N–H and O–H groups in total. The van der Waals surface area contributed by atoms with E-state index in [2.05, 4.69) is 10.1 Å². The number of nitrogens with one attached hydrogen (secondary N) is 1. The predicted molar refractivity (Wildman–Crippen MR) is 64.1 cm³/mol. The lowest BCUT2D eigenvalue weighted by Crippen LogP contribution is -2.24. The Kier molecular flexibility index (Phi) is 14.8. The molecule has 0 aromatic heterocycles. The van der Waals surface area contributed by atoms with Gasteiger partial charge in [0.25, 0.3) is 5.24 Å². The molecule has 0 bridgehead atoms. The predicted octanol–water partition coefficient (Wildman–Crippen LogP) is 2.43. The van der Waals surface area contributed by atoms with Gasteiger partial charge in [0.1, 0.15) is 6.61 Å². The number of hydrogen-bond acceptors (Lipinski definition) is 4. The molecule has 0 unspecified atom stereocenters. The van der Waals surface area contributed by atoms with E-state index < -0.39 is 0 Å². The molecular formula is C10H21NO3S. The first-order chi connectivity index (χ1) is 7.16. The molecule has 0 aromatic rings. The molecular weight excluding hydrogens is 214 g/mol. The lowest BCUT2D eigenvalue weighted by Gasteiger charge is -2.03. The fourth-order valence-corrected chi connectivity index (χ4v) is 1.19. The van der Waals surface area contributed by atoms with Crippen LogP contribution in [0.4, 0.5) is 4.79 Å². The number of rotatable bonds is 5. The molecule has 0 saturated carbocycles. The highest BCUT2D eigenvalue weighted by molar-refractivity contribution is 8.13. The summed E-state index contributed by atoms with van der Waals surface area (Å²) in [5.74, 6) is 0.495. The van der Waals surface area contributed by atoms with Gasteiger partial charge in [0.2, 0.25) is 0 Å². The van der Waals surface area contributed by atoms with Crippen LogP contribution in [0.3, 0.4) is 0 Å². The van der Waals surface area contributed by atoms with Crippen molar-refractivity contribution in [2.45, 2.75) is 34.1 Å². The number of thioether (sulfide) groups is 1. The SMILES string of the molecule is CC.CCCSC(=O)NCCOC(C)=O. The van der Waals surface area contributed by atoms with Gasteiger partial charge >= 0.3 is 5.97 Å². The van der Waals surface area contributed by atoms with Crippen molar-refractivity contribution in [2.24, 2.45) is 0 Å². The Labute approximate surface area is 96.1 Å². The van der Waals surface area contributed by atoms with Crippen LogP contribution in [0.15, 0.2) is 0 Å². The van der Waals surface area contributed by atoms with Crippen LogP contribution in [0.5, 0.6) is 0 Å². The Balaban J connectivity index is 0. The van der Waals surface area contributed by atoms with Crippen molar-refractivity contribution in [3.8, 4) is 0 Å². The van der Waals surface area contributed by atoms with Crippen molar-refractivity contribution in [1.82, 2.24) is 5.32 Å². The van der Waals surface area contributed by atoms with Crippen molar-refractivity contribution in [1.29, 1.82) is 0 Å². The number of ether oxygens (including phenoxy) is 1. The molecule has 0 fully saturated rings. The number of carbonyl (C=O) groups is 2. The van der Waals surface area contributed by atoms with E-state index in [1.54, 1.807) is 0 Å². The molecule has 1 amide bonds. The number of hydrogen-bond donors (Lipinski definition) is 1. The zero-order valence-electron chi connectivity index (χ0n) is 9.96. The second kappa shape index (κ2) is 13.3. The maximum atomic E-state index is 11.0. The Morgan fingerprint density at radius 2 is 1.93 bits per heavy atom. The molecule has 15 heavy (non-hydrogen) atoms. The monoisotopic (exact) mass is 235 g/mol. The van der Waals surface area contributed by atoms with Crippen molar-refractivity contribution >= 4 is 23.0 Å². The zero-order valence-corrected chi connectivity index (χ0v) is 10.8. The normalized spacial score (nSPS) is 8.53. The van der Waals surface area contributed by atoms with Crippen LogP contribution >= 0.6 is 11.8 Å². The van der Waals surface area contributed by atoms with Gasteiger partial charge in [-0.1, -0.05) is 32.5 Å². The van der Waals surface area contributed by atoms with Gasteiger partial charge < -0.3 is 10.1 Å². The second-order valence-corrected chi connectivity index (χ2v) is 3.47. The highest BCUT2D eigenvalue weighted by Gasteiger charge is 1.99. The first-order valence-corrected chi connectivity index (χ1v) is 6.19. The van der Waals surface area contributed by atoms with Crippen molar-refractivity contribution in [3.63, 3.8) is 0 Å². The Bertz CT molecular complexity index is 174. The van der Waals surface area contributed by atoms with Gasteiger partial charge in [-0.25, -0.2) is 0 Å². The minimum atomic E-state index is -0.324. The molecule has 4 nitrogen and oxygen atoms in total. The molecule has 0 heterocycles. The van der Waals surface area contributed by atoms with E-state index in [1.165, 1.54) is 18.7 Å². The van der Waals surface area contributed by atoms with Crippen LogP contribution in [0, 0.1) is 0 Å². The van der Waals surface area contributed by atoms with E-state index in [9.17, 15) is 9.59 Å². The van der Waals surface area contributed by atoms with E-state index in [1.807, 2.05) is 20.8 Å². The standard InChI is InChI=1S/C8H15NO3S.C2H6/c1-3-6-13-8(11)9-4-5-12-7(2)10;1-2/h3-6H2,1-2H3,(H,9,11);1-2H3. The van der Waals surface area contributed by atoms with Crippen LogP contribution in [0.1, 0.15) is 34.1 Å². The number of carbonyl (C=O) groups excluding carboxylic acids is 2. The van der Waals surface area contributed by atoms with Crippen molar-refractivity contribution < 1.29 is 14.3 Å². The maximum absolute atomic E-state index is 11.0. The highest BCUT2D eigenvalue weighted by atomic mass is 32.2. The largest absolute Gasteiger partial charge is 0.464 e. The molecule has 90 valence electrons. The molecule has 0 atom stereocenters. The molecule has 5 heteroatoms. The summed E-state index contributed by atoms with van der Waals surface area (Å²) in [4.78, 5) is 21.3. The average Bonchev–Trinajstić information content (AvgIpc) is 2.24. The summed E-state index contributed by atoms with van der Waals surface area (Å²) in [6.45, 7) is 7.98. The third-order valence-corrected chi connectivity index (χ3v) is 2.13. The van der Waals surface area contributed by atoms with E-state index in [4.69, 9.17) is 0 Å². The molecule has 0 rings (SSSR count). The van der Waals surface area contributed by atoms with Crippen LogP contribution in [0.25, 0.3) is 0 Å². The van der Waals surface area contributed by atoms with Gasteiger partial charge in [-0.2, -0.15) is 0 Å². The topological polar surface area (TPSA) is 55.4 Å². The molecule has 0 aliphatic rings. The molecule has 0 aromatic carbocycles. The van der Waals surface area contributed by atoms with E-state index in [0.717, 1.165) is 12.2 Å². The van der Waals surface area contributed by atoms with Gasteiger partial charge in [-0.05, 0) is 6.42 Å². The van der Waals surface area contributed by atoms with Crippen LogP contribution < -0.4 is 5.32 Å². The van der Waals surface area contributed by atoms with Crippen molar-refractivity contribution in [3.05, 3.63) is 0 Å². The fraction of sp³-hybridized carbons (Fsp3) is 0.800. The molecule has 0 saturated heterocycles. The summed E-state index contributed by atoms with van der Waals surface area (Å²) in [7, 11) is 0. The molecule has 0 spiro atoms. The van der Waals surface area contributed by atoms with E-state index >= 15 is 0 Å². The van der Waals surface area contributed by atoms with Gasteiger partial charge in [-0.15, -0.1) is 0 Å². The molecule has 0 aliphatic carbocycles. The summed E-state index contributed by atoms with van der Waals surface area (Å²) in [6, 6.07) is 0. The third-order valence-electron chi connectivity index (χ3n) is 1.11. The second-order valence-electron chi connectivity index (χ2n) is 2.40. The van der Waals surface area contributed by atoms with Gasteiger partial charge in [-0.3, -0.25) is 9.59 Å². The summed E-state index contributed by atoms with van der Waals surface area (Å²) in [6.07, 6.45) is 0.974. The summed E-state index contributed by atoms with van der Waals surface area (Å²) >= 11 is 1.24. The average molecular weight is 235 g/mol. The first kappa shape index (κ1) is 16.7. The smallest absolute Gasteiger partial charge is 0.302 e. The van der Waals surface area contributed by atoms with Crippen LogP contribution in [-0.4, -0.2) is 30.1 Å². The molecule has 0 radical (unpaired) electrons. The lowest BCUT2D eigenvalue weighted by molar-refractivity contribution is -0.140. The van der Waals surface area contributed by atoms with Gasteiger partial charge in [0.15, 0.2) is 0 Å². The number of amides is 1. The quantitative estimate of drug-likeness (QED) is 0.587. The van der Waals surface area contributed by atoms with Crippen LogP contribution in [-0.2, 0) is 9.53 Å². The first-order valence-electron chi connectivity index (χ1n) is 5.20. The van der Waals surface area contributed by atoms with E-state index in [-0.39, 0.29) is 17.8 Å². The highest BCUT2D eigenvalue weighted by Crippen LogP contribution is 2.01. The summed E-state index contributed by atoms with van der Waals surface area (Å²) < 4.78 is 4.63. The summed E-state index contributed by atoms with van der Waals surface area (Å²) in [5, 5.41) is 2.56. The third kappa shape index (κ3) is 16.0. The minimum absolute atomic E-state index is 0.0611. The zero-order chi connectivity index (χ0) is 12.1. The van der Waals surface area contributed by atoms with Crippen molar-refractivity contribution in [2.75, 3.05) is 18.9 Å². The Morgan fingerprint density at radius 1 is 1.33 bits per heavy atom. The number of esters is 1. The Morgan fingerprint density at radius 3 is 2.40 bits per heavy atom. The van der Waals surface area contributed by atoms with E-state index in [0.29, 0.717) is 6.54 Å². The summed E-state index contributed by atoms with van der Waals surface area (Å²) in [5.41, 5.74) is 0. The maximum Gasteiger partial charge on any atom is 0.302 e. The Hall–Kier alpha value is -0.710. The van der Waals surface area contributed by atoms with Gasteiger partial charge in [0, 0.05) is 12.7 Å². The fourth-order valence-electron chi connectivity index (χ4n) is 0.594. The lowest BCUT2D eigenvalue weighted by atomic mass is 10.6. The van der Waals surface area contributed by atoms with Crippen LogP contribution in [0.2, 0.25) is 0 Å². The minimum Gasteiger partial charge on any atom is -0.464 e. The molecule has 0 aliphatic heterocycles.